The molecule has 0 radical (unpaired) electrons. The van der Waals surface area contributed by atoms with Gasteiger partial charge in [-0.2, -0.15) is 0 Å². The number of unbranched alkanes of at least 4 members (excludes halogenated alkanes) is 35. The largest absolute Gasteiger partial charge is 0.462 e. The van der Waals surface area contributed by atoms with E-state index in [4.69, 9.17) is 14.2 Å². The minimum Gasteiger partial charge on any atom is -0.462 e. The first kappa shape index (κ1) is 61.4. The number of carbonyl (C=O) groups is 3. The second-order valence-electron chi connectivity index (χ2n) is 20.3. The van der Waals surface area contributed by atoms with Gasteiger partial charge in [-0.3, -0.25) is 14.4 Å². The molecule has 0 saturated heterocycles. The Kier molecular flexibility index (Phi) is 48.6. The van der Waals surface area contributed by atoms with Crippen molar-refractivity contribution >= 4 is 17.9 Å². The summed E-state index contributed by atoms with van der Waals surface area (Å²) in [5.41, 5.74) is 0. The lowest BCUT2D eigenvalue weighted by Gasteiger charge is -2.18. The molecule has 0 aromatic rings. The standard InChI is InChI=1S/C57H110O6/c1-6-8-9-10-11-12-13-14-18-21-27-32-37-42-47-55(58)61-50-54(63-57(60)49-44-39-34-29-24-23-26-31-36-41-46-53(5)7-2)51-62-56(59)48-43-38-33-28-22-19-16-15-17-20-25-30-35-40-45-52(3)4/h52-54H,6-51H2,1-5H3/t53?,54-/m1/s1. The van der Waals surface area contributed by atoms with Crippen LogP contribution in [0, 0.1) is 11.8 Å². The Labute approximate surface area is 393 Å². The van der Waals surface area contributed by atoms with Crippen LogP contribution in [0.2, 0.25) is 0 Å². The maximum Gasteiger partial charge on any atom is 0.306 e. The first-order chi connectivity index (χ1) is 30.8. The molecule has 0 saturated carbocycles. The smallest absolute Gasteiger partial charge is 0.306 e. The fourth-order valence-electron chi connectivity index (χ4n) is 8.66. The molecule has 2 atom stereocenters. The normalized spacial score (nSPS) is 12.5. The molecule has 0 bridgehead atoms. The first-order valence-corrected chi connectivity index (χ1v) is 28.3. The van der Waals surface area contributed by atoms with E-state index in [-0.39, 0.29) is 31.1 Å². The number of hydrogen-bond donors (Lipinski definition) is 0. The molecule has 63 heavy (non-hydrogen) atoms. The van der Waals surface area contributed by atoms with E-state index in [1.807, 2.05) is 0 Å². The Morgan fingerprint density at radius 1 is 0.333 bits per heavy atom. The van der Waals surface area contributed by atoms with Gasteiger partial charge in [0.2, 0.25) is 0 Å². The molecule has 0 rings (SSSR count). The molecule has 0 N–H and O–H groups in total. The second-order valence-corrected chi connectivity index (χ2v) is 20.3. The highest BCUT2D eigenvalue weighted by Gasteiger charge is 2.19. The summed E-state index contributed by atoms with van der Waals surface area (Å²) in [7, 11) is 0. The minimum atomic E-state index is -0.762. The molecular weight excluding hydrogens is 781 g/mol. The molecule has 0 aliphatic rings. The molecule has 0 fully saturated rings. The van der Waals surface area contributed by atoms with E-state index in [0.29, 0.717) is 19.3 Å². The van der Waals surface area contributed by atoms with E-state index in [2.05, 4.69) is 34.6 Å². The van der Waals surface area contributed by atoms with Crippen molar-refractivity contribution in [3.63, 3.8) is 0 Å². The van der Waals surface area contributed by atoms with Crippen LogP contribution in [0.15, 0.2) is 0 Å². The van der Waals surface area contributed by atoms with Gasteiger partial charge in [0.25, 0.3) is 0 Å². The summed E-state index contributed by atoms with van der Waals surface area (Å²) < 4.78 is 16.9. The Hall–Kier alpha value is -1.59. The van der Waals surface area contributed by atoms with E-state index in [9.17, 15) is 14.4 Å². The molecule has 6 nitrogen and oxygen atoms in total. The molecule has 0 aliphatic heterocycles. The molecule has 0 aromatic heterocycles. The molecule has 0 spiro atoms. The van der Waals surface area contributed by atoms with Crippen LogP contribution in [0.25, 0.3) is 0 Å². The predicted octanol–water partition coefficient (Wildman–Crippen LogP) is 18.5. The topological polar surface area (TPSA) is 78.9 Å². The molecule has 0 heterocycles. The lowest BCUT2D eigenvalue weighted by Crippen LogP contribution is -2.30. The average Bonchev–Trinajstić information content (AvgIpc) is 3.27. The Bertz CT molecular complexity index is 964. The fourth-order valence-corrected chi connectivity index (χ4v) is 8.66. The minimum absolute atomic E-state index is 0.0630. The zero-order valence-electron chi connectivity index (χ0n) is 43.2. The van der Waals surface area contributed by atoms with Crippen LogP contribution >= 0.6 is 0 Å². The molecule has 374 valence electrons. The number of rotatable bonds is 51. The van der Waals surface area contributed by atoms with Gasteiger partial charge >= 0.3 is 17.9 Å². The van der Waals surface area contributed by atoms with Gasteiger partial charge in [0.15, 0.2) is 6.10 Å². The zero-order valence-corrected chi connectivity index (χ0v) is 43.2. The van der Waals surface area contributed by atoms with Crippen LogP contribution in [0.3, 0.4) is 0 Å². The van der Waals surface area contributed by atoms with Gasteiger partial charge in [-0.1, -0.05) is 279 Å². The van der Waals surface area contributed by atoms with E-state index < -0.39 is 6.10 Å². The molecule has 6 heteroatoms. The van der Waals surface area contributed by atoms with Crippen molar-refractivity contribution in [1.29, 1.82) is 0 Å². The predicted molar refractivity (Wildman–Crippen MR) is 270 cm³/mol. The van der Waals surface area contributed by atoms with Gasteiger partial charge in [-0.25, -0.2) is 0 Å². The highest BCUT2D eigenvalue weighted by atomic mass is 16.6. The van der Waals surface area contributed by atoms with E-state index in [1.165, 1.54) is 205 Å². The van der Waals surface area contributed by atoms with Crippen molar-refractivity contribution in [2.45, 2.75) is 323 Å². The quantitative estimate of drug-likeness (QED) is 0.0344. The monoisotopic (exact) mass is 891 g/mol. The average molecular weight is 892 g/mol. The van der Waals surface area contributed by atoms with Crippen LogP contribution in [-0.2, 0) is 28.6 Å². The van der Waals surface area contributed by atoms with Crippen LogP contribution in [0.5, 0.6) is 0 Å². The summed E-state index contributed by atoms with van der Waals surface area (Å²) in [6.45, 7) is 11.4. The van der Waals surface area contributed by atoms with Gasteiger partial charge < -0.3 is 14.2 Å². The second kappa shape index (κ2) is 49.8. The molecule has 1 unspecified atom stereocenters. The molecule has 0 amide bonds. The van der Waals surface area contributed by atoms with Gasteiger partial charge in [-0.05, 0) is 31.1 Å². The summed E-state index contributed by atoms with van der Waals surface area (Å²) >= 11 is 0. The zero-order chi connectivity index (χ0) is 46.1. The summed E-state index contributed by atoms with van der Waals surface area (Å²) in [6.07, 6.45) is 52.2. The maximum absolute atomic E-state index is 12.8. The Morgan fingerprint density at radius 3 is 0.905 bits per heavy atom. The molecular formula is C57H110O6. The number of carbonyl (C=O) groups excluding carboxylic acids is 3. The van der Waals surface area contributed by atoms with Gasteiger partial charge in [0.1, 0.15) is 13.2 Å². The summed E-state index contributed by atoms with van der Waals surface area (Å²) in [6, 6.07) is 0. The third kappa shape index (κ3) is 49.7. The van der Waals surface area contributed by atoms with Gasteiger partial charge in [-0.15, -0.1) is 0 Å². The number of ether oxygens (including phenoxy) is 3. The number of esters is 3. The van der Waals surface area contributed by atoms with E-state index in [0.717, 1.165) is 69.6 Å². The SMILES string of the molecule is CCCCCCCCCCCCCCCCC(=O)OC[C@H](COC(=O)CCCCCCCCCCCCCCCCC(C)C)OC(=O)CCCCCCCCCCCCC(C)CC. The summed E-state index contributed by atoms with van der Waals surface area (Å²) in [5, 5.41) is 0. The van der Waals surface area contributed by atoms with Crippen molar-refractivity contribution < 1.29 is 28.6 Å². The van der Waals surface area contributed by atoms with Crippen LogP contribution < -0.4 is 0 Å². The van der Waals surface area contributed by atoms with Crippen molar-refractivity contribution in [3.8, 4) is 0 Å². The van der Waals surface area contributed by atoms with Crippen molar-refractivity contribution in [2.75, 3.05) is 13.2 Å². The third-order valence-corrected chi connectivity index (χ3v) is 13.3. The number of hydrogen-bond acceptors (Lipinski definition) is 6. The Morgan fingerprint density at radius 2 is 0.603 bits per heavy atom. The van der Waals surface area contributed by atoms with Crippen molar-refractivity contribution in [3.05, 3.63) is 0 Å². The fraction of sp³-hybridized carbons (Fsp3) is 0.947. The van der Waals surface area contributed by atoms with E-state index >= 15 is 0 Å². The van der Waals surface area contributed by atoms with Crippen LogP contribution in [0.4, 0.5) is 0 Å². The Balaban J connectivity index is 4.30. The van der Waals surface area contributed by atoms with Crippen LogP contribution in [-0.4, -0.2) is 37.2 Å². The summed E-state index contributed by atoms with van der Waals surface area (Å²) in [5.74, 6) is 0.871. The van der Waals surface area contributed by atoms with Crippen LogP contribution in [0.1, 0.15) is 317 Å². The highest BCUT2D eigenvalue weighted by molar-refractivity contribution is 5.71. The molecule has 0 aromatic carbocycles. The van der Waals surface area contributed by atoms with Gasteiger partial charge in [0, 0.05) is 19.3 Å². The molecule has 0 aliphatic carbocycles. The summed E-state index contributed by atoms with van der Waals surface area (Å²) in [4.78, 5) is 38.1. The third-order valence-electron chi connectivity index (χ3n) is 13.3. The van der Waals surface area contributed by atoms with Crippen molar-refractivity contribution in [2.24, 2.45) is 11.8 Å². The van der Waals surface area contributed by atoms with E-state index in [1.54, 1.807) is 0 Å². The lowest BCUT2D eigenvalue weighted by atomic mass is 9.99. The lowest BCUT2D eigenvalue weighted by molar-refractivity contribution is -0.167. The van der Waals surface area contributed by atoms with Crippen molar-refractivity contribution in [1.82, 2.24) is 0 Å². The first-order valence-electron chi connectivity index (χ1n) is 28.3. The van der Waals surface area contributed by atoms with Gasteiger partial charge in [0.05, 0.1) is 0 Å². The highest BCUT2D eigenvalue weighted by Crippen LogP contribution is 2.18. The maximum atomic E-state index is 12.8.